The summed E-state index contributed by atoms with van der Waals surface area (Å²) in [5.41, 5.74) is 1.58. The maximum atomic E-state index is 11.8. The van der Waals surface area contributed by atoms with Gasteiger partial charge in [-0.3, -0.25) is 4.79 Å². The van der Waals surface area contributed by atoms with Gasteiger partial charge in [0.05, 0.1) is 6.54 Å². The molecule has 128 valence electrons. The van der Waals surface area contributed by atoms with Gasteiger partial charge in [-0.1, -0.05) is 44.8 Å². The molecular formula is C18H14BrClN2O3. The molecule has 0 radical (unpaired) electrons. The fourth-order valence-corrected chi connectivity index (χ4v) is 2.46. The molecule has 0 saturated carbocycles. The number of rotatable bonds is 6. The first-order chi connectivity index (χ1) is 12.1. The van der Waals surface area contributed by atoms with Crippen molar-refractivity contribution in [3.05, 3.63) is 69.9 Å². The third kappa shape index (κ3) is 5.08. The molecular weight excluding hydrogens is 408 g/mol. The van der Waals surface area contributed by atoms with E-state index < -0.39 is 0 Å². The Morgan fingerprint density at radius 3 is 2.60 bits per heavy atom. The highest BCUT2D eigenvalue weighted by Gasteiger charge is 2.09. The van der Waals surface area contributed by atoms with E-state index >= 15 is 0 Å². The van der Waals surface area contributed by atoms with Crippen LogP contribution in [0.25, 0.3) is 11.3 Å². The normalized spacial score (nSPS) is 10.5. The van der Waals surface area contributed by atoms with Gasteiger partial charge in [0, 0.05) is 21.1 Å². The van der Waals surface area contributed by atoms with Crippen molar-refractivity contribution in [1.82, 2.24) is 10.5 Å². The van der Waals surface area contributed by atoms with E-state index in [1.807, 2.05) is 24.3 Å². The van der Waals surface area contributed by atoms with Gasteiger partial charge in [0.1, 0.15) is 11.4 Å². The van der Waals surface area contributed by atoms with Crippen LogP contribution in [0.3, 0.4) is 0 Å². The van der Waals surface area contributed by atoms with Crippen LogP contribution in [0.15, 0.2) is 63.6 Å². The minimum Gasteiger partial charge on any atom is -0.484 e. The van der Waals surface area contributed by atoms with E-state index in [1.165, 1.54) is 0 Å². The third-order valence-electron chi connectivity index (χ3n) is 3.34. The Labute approximate surface area is 158 Å². The summed E-state index contributed by atoms with van der Waals surface area (Å²) in [6.45, 7) is 0.170. The Morgan fingerprint density at radius 2 is 1.88 bits per heavy atom. The van der Waals surface area contributed by atoms with Gasteiger partial charge in [-0.2, -0.15) is 0 Å². The Hall–Kier alpha value is -2.31. The lowest BCUT2D eigenvalue weighted by atomic mass is 10.1. The monoisotopic (exact) mass is 420 g/mol. The lowest BCUT2D eigenvalue weighted by Crippen LogP contribution is -2.28. The van der Waals surface area contributed by atoms with Gasteiger partial charge in [-0.25, -0.2) is 0 Å². The van der Waals surface area contributed by atoms with E-state index in [9.17, 15) is 4.79 Å². The zero-order valence-electron chi connectivity index (χ0n) is 13.0. The average Bonchev–Trinajstić information content (AvgIpc) is 3.09. The molecule has 0 bridgehead atoms. The van der Waals surface area contributed by atoms with Crippen molar-refractivity contribution in [2.45, 2.75) is 6.54 Å². The number of benzene rings is 2. The van der Waals surface area contributed by atoms with Crippen molar-refractivity contribution in [3.63, 3.8) is 0 Å². The van der Waals surface area contributed by atoms with Gasteiger partial charge in [0.2, 0.25) is 0 Å². The summed E-state index contributed by atoms with van der Waals surface area (Å²) in [6, 6.07) is 16.3. The molecule has 0 unspecified atom stereocenters. The largest absolute Gasteiger partial charge is 0.484 e. The number of amides is 1. The molecule has 0 fully saturated rings. The predicted octanol–water partition coefficient (Wildman–Crippen LogP) is 4.45. The number of carbonyl (C=O) groups excluding carboxylic acids is 1. The number of nitrogens with zero attached hydrogens (tertiary/aromatic N) is 1. The summed E-state index contributed by atoms with van der Waals surface area (Å²) in [5.74, 6) is 0.942. The van der Waals surface area contributed by atoms with Crippen molar-refractivity contribution in [2.75, 3.05) is 6.61 Å². The molecule has 3 aromatic rings. The van der Waals surface area contributed by atoms with Crippen molar-refractivity contribution >= 4 is 33.4 Å². The van der Waals surface area contributed by atoms with Crippen LogP contribution in [0.1, 0.15) is 5.76 Å². The number of hydrogen-bond donors (Lipinski definition) is 1. The van der Waals surface area contributed by atoms with Crippen LogP contribution in [0.4, 0.5) is 0 Å². The third-order valence-corrected chi connectivity index (χ3v) is 4.12. The molecule has 2 aromatic carbocycles. The quantitative estimate of drug-likeness (QED) is 0.638. The van der Waals surface area contributed by atoms with Crippen LogP contribution in [0.2, 0.25) is 5.02 Å². The Morgan fingerprint density at radius 1 is 1.16 bits per heavy atom. The second-order valence-electron chi connectivity index (χ2n) is 5.20. The fourth-order valence-electron chi connectivity index (χ4n) is 2.07. The van der Waals surface area contributed by atoms with Crippen molar-refractivity contribution in [3.8, 4) is 17.0 Å². The van der Waals surface area contributed by atoms with Crippen LogP contribution in [0, 0.1) is 0 Å². The minimum atomic E-state index is -0.243. The number of halogens is 2. The number of aromatic nitrogens is 1. The summed E-state index contributed by atoms with van der Waals surface area (Å²) in [5, 5.41) is 7.38. The highest BCUT2D eigenvalue weighted by atomic mass is 79.9. The van der Waals surface area contributed by atoms with Crippen LogP contribution < -0.4 is 10.1 Å². The minimum absolute atomic E-state index is 0.0696. The second-order valence-corrected chi connectivity index (χ2v) is 6.56. The summed E-state index contributed by atoms with van der Waals surface area (Å²) >= 11 is 9.21. The zero-order valence-corrected chi connectivity index (χ0v) is 15.4. The molecule has 1 amide bonds. The lowest BCUT2D eigenvalue weighted by molar-refractivity contribution is -0.123. The summed E-state index contributed by atoms with van der Waals surface area (Å²) in [4.78, 5) is 11.8. The molecule has 3 rings (SSSR count). The number of carbonyl (C=O) groups is 1. The summed E-state index contributed by atoms with van der Waals surface area (Å²) < 4.78 is 11.6. The van der Waals surface area contributed by atoms with Crippen LogP contribution in [-0.4, -0.2) is 17.7 Å². The van der Waals surface area contributed by atoms with Gasteiger partial charge < -0.3 is 14.6 Å². The molecule has 0 saturated heterocycles. The fraction of sp³-hybridized carbons (Fsp3) is 0.111. The van der Waals surface area contributed by atoms with Crippen LogP contribution in [0.5, 0.6) is 5.75 Å². The summed E-state index contributed by atoms with van der Waals surface area (Å²) in [6.07, 6.45) is 0. The first kappa shape index (κ1) is 17.5. The van der Waals surface area contributed by atoms with Gasteiger partial charge >= 0.3 is 0 Å². The van der Waals surface area contributed by atoms with E-state index in [0.29, 0.717) is 22.2 Å². The van der Waals surface area contributed by atoms with Gasteiger partial charge in [-0.15, -0.1) is 0 Å². The number of ether oxygens (including phenoxy) is 1. The molecule has 0 aliphatic heterocycles. The molecule has 1 heterocycles. The van der Waals surface area contributed by atoms with E-state index in [-0.39, 0.29) is 19.1 Å². The van der Waals surface area contributed by atoms with Crippen molar-refractivity contribution in [2.24, 2.45) is 0 Å². The van der Waals surface area contributed by atoms with Crippen LogP contribution >= 0.6 is 27.5 Å². The van der Waals surface area contributed by atoms with Gasteiger partial charge in [0.25, 0.3) is 5.91 Å². The zero-order chi connectivity index (χ0) is 17.6. The number of nitrogens with one attached hydrogen (secondary N) is 1. The predicted molar refractivity (Wildman–Crippen MR) is 98.4 cm³/mol. The Kier molecular flexibility index (Phi) is 5.73. The molecule has 5 nitrogen and oxygen atoms in total. The van der Waals surface area contributed by atoms with Crippen molar-refractivity contribution < 1.29 is 14.1 Å². The summed E-state index contributed by atoms with van der Waals surface area (Å²) in [7, 11) is 0. The molecule has 0 aliphatic carbocycles. The number of hydrogen-bond acceptors (Lipinski definition) is 4. The molecule has 0 spiro atoms. The highest BCUT2D eigenvalue weighted by Crippen LogP contribution is 2.21. The maximum Gasteiger partial charge on any atom is 0.258 e. The van der Waals surface area contributed by atoms with E-state index in [4.69, 9.17) is 20.9 Å². The maximum absolute atomic E-state index is 11.8. The average molecular weight is 422 g/mol. The van der Waals surface area contributed by atoms with E-state index in [2.05, 4.69) is 26.4 Å². The molecule has 1 aromatic heterocycles. The van der Waals surface area contributed by atoms with Gasteiger partial charge in [0.15, 0.2) is 12.4 Å². The first-order valence-electron chi connectivity index (χ1n) is 7.47. The van der Waals surface area contributed by atoms with Crippen molar-refractivity contribution in [1.29, 1.82) is 0 Å². The molecule has 0 atom stereocenters. The van der Waals surface area contributed by atoms with Gasteiger partial charge in [-0.05, 0) is 36.4 Å². The molecule has 7 heteroatoms. The van der Waals surface area contributed by atoms with E-state index in [0.717, 1.165) is 10.0 Å². The van der Waals surface area contributed by atoms with E-state index in [1.54, 1.807) is 30.3 Å². The SMILES string of the molecule is O=C(COc1ccc(Br)cc1)NCc1cc(-c2ccc(Cl)cc2)no1. The standard InChI is InChI=1S/C18H14BrClN2O3/c19-13-3-7-15(8-4-13)24-11-18(23)21-10-16-9-17(22-25-16)12-1-5-14(20)6-2-12/h1-9H,10-11H2,(H,21,23). The molecule has 0 aliphatic rings. The Bertz CT molecular complexity index is 848. The Balaban J connectivity index is 1.49. The topological polar surface area (TPSA) is 64.4 Å². The highest BCUT2D eigenvalue weighted by molar-refractivity contribution is 9.10. The van der Waals surface area contributed by atoms with Crippen LogP contribution in [-0.2, 0) is 11.3 Å². The molecule has 1 N–H and O–H groups in total. The second kappa shape index (κ2) is 8.18. The molecule has 25 heavy (non-hydrogen) atoms. The smallest absolute Gasteiger partial charge is 0.258 e. The lowest BCUT2D eigenvalue weighted by Gasteiger charge is -2.06. The first-order valence-corrected chi connectivity index (χ1v) is 8.64.